The highest BCUT2D eigenvalue weighted by atomic mass is 16.2. The van der Waals surface area contributed by atoms with Crippen molar-refractivity contribution < 1.29 is 9.69 Å². The van der Waals surface area contributed by atoms with Crippen LogP contribution >= 0.6 is 0 Å². The molecule has 3 nitrogen and oxygen atoms in total. The Labute approximate surface area is 116 Å². The van der Waals surface area contributed by atoms with E-state index in [1.807, 2.05) is 12.1 Å². The number of amides is 1. The number of nitrogens with one attached hydrogen (secondary N) is 2. The fraction of sp³-hybridized carbons (Fsp3) is 0.562. The van der Waals surface area contributed by atoms with Crippen LogP contribution in [0.25, 0.3) is 0 Å². The van der Waals surface area contributed by atoms with Crippen LogP contribution in [0, 0.1) is 19.8 Å². The molecule has 0 saturated carbocycles. The zero-order valence-electron chi connectivity index (χ0n) is 12.3. The van der Waals surface area contributed by atoms with Gasteiger partial charge in [0.2, 0.25) is 0 Å². The number of hydrogen-bond donors (Lipinski definition) is 2. The van der Waals surface area contributed by atoms with Gasteiger partial charge in [-0.25, -0.2) is 0 Å². The Hall–Kier alpha value is -1.35. The minimum absolute atomic E-state index is 0.137. The van der Waals surface area contributed by atoms with Crippen molar-refractivity contribution in [2.24, 2.45) is 5.92 Å². The summed E-state index contributed by atoms with van der Waals surface area (Å²) < 4.78 is 0. The molecular weight excluding hydrogens is 236 g/mol. The van der Waals surface area contributed by atoms with Gasteiger partial charge in [0, 0.05) is 11.6 Å². The van der Waals surface area contributed by atoms with Gasteiger partial charge < -0.3 is 10.2 Å². The monoisotopic (exact) mass is 261 g/mol. The summed E-state index contributed by atoms with van der Waals surface area (Å²) in [5, 5.41) is 3.05. The van der Waals surface area contributed by atoms with E-state index in [9.17, 15) is 4.79 Å². The lowest BCUT2D eigenvalue weighted by molar-refractivity contribution is -0.900. The quantitative estimate of drug-likeness (QED) is 0.850. The Kier molecular flexibility index (Phi) is 4.59. The summed E-state index contributed by atoms with van der Waals surface area (Å²) in [7, 11) is 0. The highest BCUT2D eigenvalue weighted by Gasteiger charge is 2.22. The first-order chi connectivity index (χ1) is 9.06. The molecule has 1 aromatic carbocycles. The Morgan fingerprint density at radius 3 is 2.95 bits per heavy atom. The van der Waals surface area contributed by atoms with Crippen molar-refractivity contribution in [2.45, 2.75) is 33.6 Å². The van der Waals surface area contributed by atoms with Crippen LogP contribution in [0.1, 0.15) is 30.9 Å². The van der Waals surface area contributed by atoms with E-state index < -0.39 is 0 Å². The third-order valence-corrected chi connectivity index (χ3v) is 4.15. The van der Waals surface area contributed by atoms with Crippen molar-refractivity contribution in [3.05, 3.63) is 29.3 Å². The van der Waals surface area contributed by atoms with Crippen LogP contribution in [0.2, 0.25) is 0 Å². The highest BCUT2D eigenvalue weighted by molar-refractivity contribution is 5.92. The van der Waals surface area contributed by atoms with Gasteiger partial charge in [0.25, 0.3) is 5.91 Å². The molecule has 1 fully saturated rings. The van der Waals surface area contributed by atoms with Gasteiger partial charge in [-0.1, -0.05) is 19.1 Å². The van der Waals surface area contributed by atoms with Crippen LogP contribution in [0.15, 0.2) is 18.2 Å². The largest absolute Gasteiger partial charge is 0.327 e. The molecule has 1 aromatic rings. The summed E-state index contributed by atoms with van der Waals surface area (Å²) in [6, 6.07) is 6.05. The van der Waals surface area contributed by atoms with E-state index in [1.54, 1.807) is 0 Å². The van der Waals surface area contributed by atoms with Gasteiger partial charge in [0.05, 0.1) is 13.1 Å². The molecule has 3 heteroatoms. The molecule has 1 saturated heterocycles. The van der Waals surface area contributed by atoms with Gasteiger partial charge >= 0.3 is 0 Å². The third kappa shape index (κ3) is 3.80. The molecule has 0 spiro atoms. The molecule has 1 unspecified atom stereocenters. The molecule has 19 heavy (non-hydrogen) atoms. The summed E-state index contributed by atoms with van der Waals surface area (Å²) in [6.45, 7) is 9.26. The number of quaternary nitrogens is 1. The lowest BCUT2D eigenvalue weighted by Crippen LogP contribution is -3.14. The molecule has 0 aromatic heterocycles. The average Bonchev–Trinajstić information content (AvgIpc) is 2.35. The molecule has 2 atom stereocenters. The van der Waals surface area contributed by atoms with Gasteiger partial charge in [-0.05, 0) is 43.9 Å². The standard InChI is InChI=1S/C16H24N2O/c1-12-6-5-9-18(10-12)11-16(19)17-15-8-4-7-13(2)14(15)3/h4,7-8,12H,5-6,9-11H2,1-3H3,(H,17,19)/p+1/t12-/m0/s1. The fourth-order valence-electron chi connectivity index (χ4n) is 2.87. The topological polar surface area (TPSA) is 33.5 Å². The number of rotatable bonds is 3. The van der Waals surface area contributed by atoms with E-state index in [2.05, 4.69) is 32.2 Å². The Morgan fingerprint density at radius 1 is 1.42 bits per heavy atom. The zero-order chi connectivity index (χ0) is 13.8. The first kappa shape index (κ1) is 14.1. The van der Waals surface area contributed by atoms with Crippen LogP contribution in [-0.4, -0.2) is 25.5 Å². The number of anilines is 1. The number of piperidine rings is 1. The smallest absolute Gasteiger partial charge is 0.279 e. The number of carbonyl (C=O) groups is 1. The molecule has 2 rings (SSSR count). The molecule has 2 N–H and O–H groups in total. The predicted octanol–water partition coefficient (Wildman–Crippen LogP) is 1.56. The summed E-state index contributed by atoms with van der Waals surface area (Å²) >= 11 is 0. The summed E-state index contributed by atoms with van der Waals surface area (Å²) in [6.07, 6.45) is 2.55. The summed E-state index contributed by atoms with van der Waals surface area (Å²) in [4.78, 5) is 13.5. The minimum atomic E-state index is 0.137. The molecule has 1 aliphatic rings. The van der Waals surface area contributed by atoms with Crippen LogP contribution in [-0.2, 0) is 4.79 Å². The van der Waals surface area contributed by atoms with Crippen molar-refractivity contribution in [3.63, 3.8) is 0 Å². The number of hydrogen-bond acceptors (Lipinski definition) is 1. The zero-order valence-corrected chi connectivity index (χ0v) is 12.3. The maximum atomic E-state index is 12.1. The fourth-order valence-corrected chi connectivity index (χ4v) is 2.87. The Balaban J connectivity index is 1.92. The predicted molar refractivity (Wildman–Crippen MR) is 78.5 cm³/mol. The number of likely N-dealkylation sites (tertiary alicyclic amines) is 1. The SMILES string of the molecule is Cc1cccc(NC(=O)C[NH+]2CCC[C@H](C)C2)c1C. The molecular formula is C16H25N2O+. The van der Waals surface area contributed by atoms with Gasteiger partial charge in [0.1, 0.15) is 0 Å². The van der Waals surface area contributed by atoms with E-state index in [0.29, 0.717) is 6.54 Å². The molecule has 0 radical (unpaired) electrons. The maximum Gasteiger partial charge on any atom is 0.279 e. The molecule has 1 heterocycles. The van der Waals surface area contributed by atoms with Crippen molar-refractivity contribution in [2.75, 3.05) is 25.0 Å². The van der Waals surface area contributed by atoms with Crippen molar-refractivity contribution in [1.29, 1.82) is 0 Å². The van der Waals surface area contributed by atoms with Crippen molar-refractivity contribution in [1.82, 2.24) is 0 Å². The first-order valence-corrected chi connectivity index (χ1v) is 7.26. The number of carbonyl (C=O) groups excluding carboxylic acids is 1. The second-order valence-corrected chi connectivity index (χ2v) is 5.92. The van der Waals surface area contributed by atoms with E-state index in [1.165, 1.54) is 23.3 Å². The second-order valence-electron chi connectivity index (χ2n) is 5.92. The average molecular weight is 261 g/mol. The number of aryl methyl sites for hydroxylation is 1. The molecule has 1 amide bonds. The van der Waals surface area contributed by atoms with Crippen molar-refractivity contribution in [3.8, 4) is 0 Å². The van der Waals surface area contributed by atoms with Gasteiger partial charge in [-0.2, -0.15) is 0 Å². The number of benzene rings is 1. The first-order valence-electron chi connectivity index (χ1n) is 7.26. The molecule has 0 bridgehead atoms. The van der Waals surface area contributed by atoms with E-state index >= 15 is 0 Å². The lowest BCUT2D eigenvalue weighted by atomic mass is 10.0. The van der Waals surface area contributed by atoms with Crippen LogP contribution < -0.4 is 10.2 Å². The van der Waals surface area contributed by atoms with E-state index in [4.69, 9.17) is 0 Å². The normalized spacial score (nSPS) is 23.1. The van der Waals surface area contributed by atoms with Crippen LogP contribution in [0.4, 0.5) is 5.69 Å². The summed E-state index contributed by atoms with van der Waals surface area (Å²) in [5.41, 5.74) is 3.34. The third-order valence-electron chi connectivity index (χ3n) is 4.15. The van der Waals surface area contributed by atoms with E-state index in [-0.39, 0.29) is 5.91 Å². The van der Waals surface area contributed by atoms with Crippen LogP contribution in [0.5, 0.6) is 0 Å². The van der Waals surface area contributed by atoms with Crippen molar-refractivity contribution >= 4 is 11.6 Å². The Bertz CT molecular complexity index is 456. The summed E-state index contributed by atoms with van der Waals surface area (Å²) in [5.74, 6) is 0.884. The van der Waals surface area contributed by atoms with Gasteiger partial charge in [-0.3, -0.25) is 4.79 Å². The molecule has 1 aliphatic heterocycles. The second kappa shape index (κ2) is 6.20. The minimum Gasteiger partial charge on any atom is -0.327 e. The van der Waals surface area contributed by atoms with Gasteiger partial charge in [-0.15, -0.1) is 0 Å². The molecule has 0 aliphatic carbocycles. The van der Waals surface area contributed by atoms with E-state index in [0.717, 1.165) is 30.3 Å². The lowest BCUT2D eigenvalue weighted by Gasteiger charge is -2.27. The highest BCUT2D eigenvalue weighted by Crippen LogP contribution is 2.17. The van der Waals surface area contributed by atoms with Crippen LogP contribution in [0.3, 0.4) is 0 Å². The molecule has 104 valence electrons. The Morgan fingerprint density at radius 2 is 2.21 bits per heavy atom. The maximum absolute atomic E-state index is 12.1. The van der Waals surface area contributed by atoms with Gasteiger partial charge in [0.15, 0.2) is 6.54 Å².